The third-order valence-electron chi connectivity index (χ3n) is 3.04. The first-order chi connectivity index (χ1) is 8.49. The topological polar surface area (TPSA) is 46.3 Å². The molecule has 3 nitrogen and oxygen atoms in total. The van der Waals surface area contributed by atoms with Crippen LogP contribution in [0.25, 0.3) is 0 Å². The number of hydrogen-bond acceptors (Lipinski definition) is 2. The number of nitrogens with zero attached hydrogens (tertiary/aromatic N) is 1. The number of hydrogen-bond donors (Lipinski definition) is 1. The Kier molecular flexibility index (Phi) is 6.98. The van der Waals surface area contributed by atoms with Crippen LogP contribution in [0.3, 0.4) is 0 Å². The van der Waals surface area contributed by atoms with E-state index in [9.17, 15) is 4.79 Å². The lowest BCUT2D eigenvalue weighted by atomic mass is 9.80. The molecule has 0 rings (SSSR count). The van der Waals surface area contributed by atoms with E-state index in [0.717, 1.165) is 12.8 Å². The molecule has 0 aromatic carbocycles. The number of carbonyl (C=O) groups is 1. The Bertz CT molecular complexity index is 319. The largest absolute Gasteiger partial charge is 0.393 e. The summed E-state index contributed by atoms with van der Waals surface area (Å²) >= 11 is 4.94. The molecule has 0 aliphatic rings. The molecule has 0 fully saturated rings. The molecule has 0 radical (unpaired) electrons. The Morgan fingerprint density at radius 3 is 2.05 bits per heavy atom. The quantitative estimate of drug-likeness (QED) is 0.729. The van der Waals surface area contributed by atoms with E-state index in [2.05, 4.69) is 34.6 Å². The van der Waals surface area contributed by atoms with Gasteiger partial charge in [0.1, 0.15) is 0 Å². The van der Waals surface area contributed by atoms with Crippen LogP contribution in [-0.2, 0) is 4.79 Å². The third-order valence-corrected chi connectivity index (χ3v) is 3.24. The van der Waals surface area contributed by atoms with Crippen LogP contribution < -0.4 is 5.73 Å². The molecule has 0 aliphatic carbocycles. The molecular formula is C15H30N2OS. The minimum absolute atomic E-state index is 0.171. The van der Waals surface area contributed by atoms with Crippen LogP contribution in [0, 0.1) is 5.41 Å². The first kappa shape index (κ1) is 18.4. The molecule has 112 valence electrons. The van der Waals surface area contributed by atoms with Crippen LogP contribution in [0.5, 0.6) is 0 Å². The van der Waals surface area contributed by atoms with Gasteiger partial charge in [0.15, 0.2) is 0 Å². The second-order valence-corrected chi connectivity index (χ2v) is 7.59. The van der Waals surface area contributed by atoms with Crippen LogP contribution in [0.4, 0.5) is 0 Å². The van der Waals surface area contributed by atoms with Gasteiger partial charge >= 0.3 is 0 Å². The predicted octanol–water partition coefficient (Wildman–Crippen LogP) is 3.51. The lowest BCUT2D eigenvalue weighted by Crippen LogP contribution is -2.50. The number of amides is 1. The highest BCUT2D eigenvalue weighted by Crippen LogP contribution is 2.31. The number of thiocarbonyl (C=S) groups is 1. The molecule has 0 bridgehead atoms. The molecule has 0 aliphatic heterocycles. The third kappa shape index (κ3) is 7.51. The highest BCUT2D eigenvalue weighted by Gasteiger charge is 2.33. The molecule has 0 heterocycles. The van der Waals surface area contributed by atoms with Gasteiger partial charge in [-0.3, -0.25) is 4.79 Å². The Labute approximate surface area is 123 Å². The Morgan fingerprint density at radius 1 is 1.16 bits per heavy atom. The minimum Gasteiger partial charge on any atom is -0.393 e. The molecule has 0 atom stereocenters. The van der Waals surface area contributed by atoms with Gasteiger partial charge in [0.05, 0.1) is 4.99 Å². The predicted molar refractivity (Wildman–Crippen MR) is 86.2 cm³/mol. The number of nitrogens with two attached hydrogens (primary N) is 1. The fourth-order valence-corrected chi connectivity index (χ4v) is 2.82. The van der Waals surface area contributed by atoms with Gasteiger partial charge in [-0.2, -0.15) is 0 Å². The lowest BCUT2D eigenvalue weighted by Gasteiger charge is -2.42. The molecule has 19 heavy (non-hydrogen) atoms. The maximum atomic E-state index is 12.3. The van der Waals surface area contributed by atoms with Gasteiger partial charge < -0.3 is 10.6 Å². The maximum Gasteiger partial charge on any atom is 0.223 e. The van der Waals surface area contributed by atoms with E-state index in [4.69, 9.17) is 18.0 Å². The van der Waals surface area contributed by atoms with Crippen molar-refractivity contribution >= 4 is 23.1 Å². The van der Waals surface area contributed by atoms with Crippen molar-refractivity contribution in [3.05, 3.63) is 0 Å². The van der Waals surface area contributed by atoms with Gasteiger partial charge in [-0.15, -0.1) is 0 Å². The SMILES string of the molecule is CCCC(=O)N(CCC(N)=S)C(C)(C)CC(C)(C)C. The van der Waals surface area contributed by atoms with E-state index in [-0.39, 0.29) is 16.9 Å². The van der Waals surface area contributed by atoms with Gasteiger partial charge in [0.2, 0.25) is 5.91 Å². The van der Waals surface area contributed by atoms with Crippen molar-refractivity contribution in [1.29, 1.82) is 0 Å². The van der Waals surface area contributed by atoms with Gasteiger partial charge in [-0.05, 0) is 32.1 Å². The number of carbonyl (C=O) groups excluding carboxylic acids is 1. The van der Waals surface area contributed by atoms with Crippen molar-refractivity contribution in [3.8, 4) is 0 Å². The Hall–Kier alpha value is -0.640. The molecule has 2 N–H and O–H groups in total. The van der Waals surface area contributed by atoms with Crippen LogP contribution in [0.15, 0.2) is 0 Å². The zero-order chi connectivity index (χ0) is 15.3. The van der Waals surface area contributed by atoms with Crippen molar-refractivity contribution in [2.24, 2.45) is 11.1 Å². The van der Waals surface area contributed by atoms with E-state index in [1.165, 1.54) is 0 Å². The first-order valence-electron chi connectivity index (χ1n) is 7.08. The second-order valence-electron chi connectivity index (χ2n) is 7.06. The fraction of sp³-hybridized carbons (Fsp3) is 0.867. The number of rotatable bonds is 7. The van der Waals surface area contributed by atoms with E-state index in [1.54, 1.807) is 0 Å². The minimum atomic E-state index is -0.171. The smallest absolute Gasteiger partial charge is 0.223 e. The molecule has 0 saturated heterocycles. The van der Waals surface area contributed by atoms with Gasteiger partial charge in [-0.25, -0.2) is 0 Å². The summed E-state index contributed by atoms with van der Waals surface area (Å²) < 4.78 is 0. The molecule has 4 heteroatoms. The van der Waals surface area contributed by atoms with E-state index >= 15 is 0 Å². The molecule has 1 amide bonds. The average molecular weight is 286 g/mol. The van der Waals surface area contributed by atoms with Crippen LogP contribution in [0.1, 0.15) is 67.2 Å². The molecule has 0 spiro atoms. The van der Waals surface area contributed by atoms with Crippen molar-refractivity contribution < 1.29 is 4.79 Å². The summed E-state index contributed by atoms with van der Waals surface area (Å²) in [5, 5.41) is 0. The summed E-state index contributed by atoms with van der Waals surface area (Å²) in [6, 6.07) is 0. The van der Waals surface area contributed by atoms with Crippen LogP contribution >= 0.6 is 12.2 Å². The zero-order valence-electron chi connectivity index (χ0n) is 13.4. The zero-order valence-corrected chi connectivity index (χ0v) is 14.2. The normalized spacial score (nSPS) is 12.3. The highest BCUT2D eigenvalue weighted by atomic mass is 32.1. The van der Waals surface area contributed by atoms with Crippen LogP contribution in [-0.4, -0.2) is 27.9 Å². The van der Waals surface area contributed by atoms with E-state index in [0.29, 0.717) is 24.4 Å². The molecule has 0 aromatic heterocycles. The van der Waals surface area contributed by atoms with Crippen molar-refractivity contribution in [2.75, 3.05) is 6.54 Å². The van der Waals surface area contributed by atoms with Gasteiger partial charge in [0, 0.05) is 24.9 Å². The van der Waals surface area contributed by atoms with Crippen LogP contribution in [0.2, 0.25) is 0 Å². The van der Waals surface area contributed by atoms with Crippen molar-refractivity contribution in [1.82, 2.24) is 4.90 Å². The van der Waals surface area contributed by atoms with E-state index < -0.39 is 0 Å². The Balaban J connectivity index is 4.98. The summed E-state index contributed by atoms with van der Waals surface area (Å²) in [7, 11) is 0. The fourth-order valence-electron chi connectivity index (χ4n) is 2.73. The molecule has 0 unspecified atom stereocenters. The summed E-state index contributed by atoms with van der Waals surface area (Å²) in [4.78, 5) is 14.8. The standard InChI is InChI=1S/C15H30N2OS/c1-7-8-13(18)17(10-9-12(16)19)15(5,6)11-14(2,3)4/h7-11H2,1-6H3,(H2,16,19). The highest BCUT2D eigenvalue weighted by molar-refractivity contribution is 7.80. The van der Waals surface area contributed by atoms with Gasteiger partial charge in [-0.1, -0.05) is 39.9 Å². The maximum absolute atomic E-state index is 12.3. The van der Waals surface area contributed by atoms with Crippen molar-refractivity contribution in [2.45, 2.75) is 72.8 Å². The van der Waals surface area contributed by atoms with Gasteiger partial charge in [0.25, 0.3) is 0 Å². The van der Waals surface area contributed by atoms with E-state index in [1.807, 2.05) is 11.8 Å². The molecular weight excluding hydrogens is 256 g/mol. The van der Waals surface area contributed by atoms with Crippen molar-refractivity contribution in [3.63, 3.8) is 0 Å². The average Bonchev–Trinajstić information content (AvgIpc) is 2.12. The first-order valence-corrected chi connectivity index (χ1v) is 7.49. The Morgan fingerprint density at radius 2 is 1.68 bits per heavy atom. The summed E-state index contributed by atoms with van der Waals surface area (Å²) in [6.07, 6.45) is 3.00. The summed E-state index contributed by atoms with van der Waals surface area (Å²) in [5.41, 5.74) is 5.59. The lowest BCUT2D eigenvalue weighted by molar-refractivity contribution is -0.137. The summed E-state index contributed by atoms with van der Waals surface area (Å²) in [6.45, 7) is 13.5. The molecule has 0 aromatic rings. The summed E-state index contributed by atoms with van der Waals surface area (Å²) in [5.74, 6) is 0.202. The molecule has 0 saturated carbocycles. The monoisotopic (exact) mass is 286 g/mol. The second kappa shape index (κ2) is 7.22.